The SMILES string of the molecule is C=CCn1c(O)c(C(=O)COc2ccc(Cl)cc2Cl)c(C)c(C#N)c1=O. The summed E-state index contributed by atoms with van der Waals surface area (Å²) in [4.78, 5) is 24.8. The van der Waals surface area contributed by atoms with Crippen molar-refractivity contribution in [1.29, 1.82) is 5.26 Å². The molecule has 2 aromatic rings. The fraction of sp³-hybridized carbons (Fsp3) is 0.167. The first-order valence-electron chi connectivity index (χ1n) is 7.40. The van der Waals surface area contributed by atoms with Gasteiger partial charge < -0.3 is 9.84 Å². The normalized spacial score (nSPS) is 10.2. The Hall–Kier alpha value is -2.75. The molecule has 0 unspecified atom stereocenters. The van der Waals surface area contributed by atoms with Crippen molar-refractivity contribution < 1.29 is 14.6 Å². The number of allylic oxidation sites excluding steroid dienone is 1. The number of halogens is 2. The van der Waals surface area contributed by atoms with Crippen LogP contribution in [-0.2, 0) is 6.54 Å². The van der Waals surface area contributed by atoms with Crippen LogP contribution in [-0.4, -0.2) is 22.1 Å². The average molecular weight is 393 g/mol. The minimum Gasteiger partial charge on any atom is -0.494 e. The molecule has 0 spiro atoms. The molecular weight excluding hydrogens is 379 g/mol. The second-order valence-electron chi connectivity index (χ2n) is 5.30. The maximum Gasteiger partial charge on any atom is 0.271 e. The van der Waals surface area contributed by atoms with Crippen LogP contribution in [0, 0.1) is 18.3 Å². The van der Waals surface area contributed by atoms with Crippen LogP contribution in [0.2, 0.25) is 10.0 Å². The summed E-state index contributed by atoms with van der Waals surface area (Å²) in [6, 6.07) is 6.28. The number of hydrogen-bond donors (Lipinski definition) is 1. The van der Waals surface area contributed by atoms with E-state index in [1.165, 1.54) is 25.1 Å². The van der Waals surface area contributed by atoms with E-state index < -0.39 is 23.8 Å². The van der Waals surface area contributed by atoms with Crippen molar-refractivity contribution >= 4 is 29.0 Å². The number of nitriles is 1. The van der Waals surface area contributed by atoms with Crippen LogP contribution in [0.1, 0.15) is 21.5 Å². The van der Waals surface area contributed by atoms with Crippen molar-refractivity contribution in [2.45, 2.75) is 13.5 Å². The molecule has 0 atom stereocenters. The highest BCUT2D eigenvalue weighted by Gasteiger charge is 2.24. The number of nitrogens with zero attached hydrogens (tertiary/aromatic N) is 2. The molecular formula is C18H14Cl2N2O4. The number of Topliss-reactive ketones (excluding diaryl/α,β-unsaturated/α-hetero) is 1. The van der Waals surface area contributed by atoms with Gasteiger partial charge in [-0.25, -0.2) is 0 Å². The van der Waals surface area contributed by atoms with Gasteiger partial charge in [-0.3, -0.25) is 14.2 Å². The highest BCUT2D eigenvalue weighted by molar-refractivity contribution is 6.35. The molecule has 1 N–H and O–H groups in total. The van der Waals surface area contributed by atoms with E-state index in [1.807, 2.05) is 0 Å². The molecule has 0 amide bonds. The summed E-state index contributed by atoms with van der Waals surface area (Å²) in [5.41, 5.74) is -0.989. The summed E-state index contributed by atoms with van der Waals surface area (Å²) in [5, 5.41) is 20.2. The molecule has 0 aliphatic carbocycles. The van der Waals surface area contributed by atoms with E-state index >= 15 is 0 Å². The van der Waals surface area contributed by atoms with Gasteiger partial charge in [-0.1, -0.05) is 29.3 Å². The van der Waals surface area contributed by atoms with Gasteiger partial charge in [0.1, 0.15) is 17.4 Å². The van der Waals surface area contributed by atoms with Gasteiger partial charge in [-0.2, -0.15) is 5.26 Å². The summed E-state index contributed by atoms with van der Waals surface area (Å²) in [6.07, 6.45) is 1.37. The first-order valence-corrected chi connectivity index (χ1v) is 8.15. The fourth-order valence-electron chi connectivity index (χ4n) is 2.39. The van der Waals surface area contributed by atoms with Gasteiger partial charge in [-0.05, 0) is 30.7 Å². The van der Waals surface area contributed by atoms with E-state index in [0.29, 0.717) is 5.02 Å². The molecule has 0 fully saturated rings. The minimum atomic E-state index is -0.694. The Bertz CT molecular complexity index is 990. The van der Waals surface area contributed by atoms with Crippen molar-refractivity contribution in [3.8, 4) is 17.7 Å². The van der Waals surface area contributed by atoms with E-state index in [9.17, 15) is 20.0 Å². The smallest absolute Gasteiger partial charge is 0.271 e. The van der Waals surface area contributed by atoms with E-state index in [4.69, 9.17) is 27.9 Å². The standard InChI is InChI=1S/C18H14Cl2N2O4/c1-3-6-22-17(24)12(8-21)10(2)16(18(22)25)14(23)9-26-15-5-4-11(19)7-13(15)20/h3-5,7,25H,1,6,9H2,2H3. The van der Waals surface area contributed by atoms with Gasteiger partial charge in [0.15, 0.2) is 6.61 Å². The topological polar surface area (TPSA) is 92.3 Å². The van der Waals surface area contributed by atoms with Crippen LogP contribution in [0.25, 0.3) is 0 Å². The quantitative estimate of drug-likeness (QED) is 0.599. The van der Waals surface area contributed by atoms with Crippen LogP contribution in [0.4, 0.5) is 0 Å². The highest BCUT2D eigenvalue weighted by Crippen LogP contribution is 2.28. The number of carbonyl (C=O) groups is 1. The molecule has 2 rings (SSSR count). The predicted molar refractivity (Wildman–Crippen MR) is 98.3 cm³/mol. The molecule has 0 bridgehead atoms. The third kappa shape index (κ3) is 3.74. The van der Waals surface area contributed by atoms with Gasteiger partial charge in [0.05, 0.1) is 10.6 Å². The van der Waals surface area contributed by atoms with Crippen molar-refractivity contribution in [2.75, 3.05) is 6.61 Å². The predicted octanol–water partition coefficient (Wildman–Crippen LogP) is 3.49. The fourth-order valence-corrected chi connectivity index (χ4v) is 2.85. The Labute approximate surface area is 159 Å². The number of carbonyl (C=O) groups excluding carboxylic acids is 1. The average Bonchev–Trinajstić information content (AvgIpc) is 2.58. The zero-order valence-electron chi connectivity index (χ0n) is 13.8. The molecule has 0 saturated heterocycles. The summed E-state index contributed by atoms with van der Waals surface area (Å²) >= 11 is 11.8. The van der Waals surface area contributed by atoms with Crippen LogP contribution < -0.4 is 10.3 Å². The number of aromatic nitrogens is 1. The second kappa shape index (κ2) is 8.09. The maximum absolute atomic E-state index is 12.6. The minimum absolute atomic E-state index is 0.0518. The van der Waals surface area contributed by atoms with Crippen LogP contribution in [0.3, 0.4) is 0 Å². The van der Waals surface area contributed by atoms with E-state index in [2.05, 4.69) is 6.58 Å². The Morgan fingerprint density at radius 3 is 2.73 bits per heavy atom. The maximum atomic E-state index is 12.6. The van der Waals surface area contributed by atoms with E-state index in [0.717, 1.165) is 4.57 Å². The molecule has 0 radical (unpaired) electrons. The summed E-state index contributed by atoms with van der Waals surface area (Å²) in [6.45, 7) is 4.41. The molecule has 0 aliphatic heterocycles. The molecule has 1 aromatic heterocycles. The van der Waals surface area contributed by atoms with Gasteiger partial charge in [0.2, 0.25) is 11.7 Å². The first-order chi connectivity index (χ1) is 12.3. The lowest BCUT2D eigenvalue weighted by atomic mass is 10.0. The van der Waals surface area contributed by atoms with Crippen molar-refractivity contribution in [1.82, 2.24) is 4.57 Å². The number of aromatic hydroxyl groups is 1. The lowest BCUT2D eigenvalue weighted by Crippen LogP contribution is -2.27. The first kappa shape index (κ1) is 19.6. The number of pyridine rings is 1. The molecule has 26 heavy (non-hydrogen) atoms. The van der Waals surface area contributed by atoms with Crippen molar-refractivity contribution in [3.63, 3.8) is 0 Å². The molecule has 0 aliphatic rings. The Balaban J connectivity index is 2.42. The van der Waals surface area contributed by atoms with Gasteiger partial charge in [-0.15, -0.1) is 6.58 Å². The van der Waals surface area contributed by atoms with Gasteiger partial charge in [0.25, 0.3) is 5.56 Å². The third-order valence-electron chi connectivity index (χ3n) is 3.64. The second-order valence-corrected chi connectivity index (χ2v) is 6.15. The number of ketones is 1. The highest BCUT2D eigenvalue weighted by atomic mass is 35.5. The molecule has 6 nitrogen and oxygen atoms in total. The summed E-state index contributed by atoms with van der Waals surface area (Å²) in [5.74, 6) is -0.913. The number of ether oxygens (including phenoxy) is 1. The summed E-state index contributed by atoms with van der Waals surface area (Å²) in [7, 11) is 0. The lowest BCUT2D eigenvalue weighted by Gasteiger charge is -2.15. The Morgan fingerprint density at radius 2 is 2.15 bits per heavy atom. The Kier molecular flexibility index (Phi) is 6.09. The number of rotatable bonds is 6. The molecule has 0 saturated carbocycles. The summed E-state index contributed by atoms with van der Waals surface area (Å²) < 4.78 is 6.28. The third-order valence-corrected chi connectivity index (χ3v) is 4.17. The molecule has 8 heteroatoms. The van der Waals surface area contributed by atoms with Crippen molar-refractivity contribution in [3.05, 3.63) is 67.9 Å². The van der Waals surface area contributed by atoms with Crippen LogP contribution in [0.15, 0.2) is 35.6 Å². The molecule has 1 heterocycles. The van der Waals surface area contributed by atoms with Crippen LogP contribution >= 0.6 is 23.2 Å². The molecule has 134 valence electrons. The molecule has 1 aromatic carbocycles. The van der Waals surface area contributed by atoms with Gasteiger partial charge in [0, 0.05) is 11.6 Å². The Morgan fingerprint density at radius 1 is 1.46 bits per heavy atom. The number of benzene rings is 1. The zero-order chi connectivity index (χ0) is 19.4. The van der Waals surface area contributed by atoms with Crippen molar-refractivity contribution in [2.24, 2.45) is 0 Å². The monoisotopic (exact) mass is 392 g/mol. The van der Waals surface area contributed by atoms with E-state index in [-0.39, 0.29) is 34.0 Å². The lowest BCUT2D eigenvalue weighted by molar-refractivity contribution is 0.0916. The van der Waals surface area contributed by atoms with Gasteiger partial charge >= 0.3 is 0 Å². The zero-order valence-corrected chi connectivity index (χ0v) is 15.3. The van der Waals surface area contributed by atoms with E-state index in [1.54, 1.807) is 12.1 Å². The number of hydrogen-bond acceptors (Lipinski definition) is 5. The van der Waals surface area contributed by atoms with Crippen LogP contribution in [0.5, 0.6) is 11.6 Å². The largest absolute Gasteiger partial charge is 0.494 e.